The number of nitrogens with zero attached hydrogens (tertiary/aromatic N) is 1. The Morgan fingerprint density at radius 2 is 1.04 bits per heavy atom. The van der Waals surface area contributed by atoms with Gasteiger partial charge in [-0.05, 0) is 30.0 Å². The predicted octanol–water partition coefficient (Wildman–Crippen LogP) is 4.46. The van der Waals surface area contributed by atoms with Crippen LogP contribution in [0.3, 0.4) is 0 Å². The minimum Gasteiger partial charge on any atom is -0.366 e. The molecule has 28 heavy (non-hydrogen) atoms. The summed E-state index contributed by atoms with van der Waals surface area (Å²) in [6.45, 7) is 0. The molecular weight excluding hydrogens is 542 g/mol. The van der Waals surface area contributed by atoms with Crippen molar-refractivity contribution in [1.82, 2.24) is 4.98 Å². The maximum atomic E-state index is 6.65. The number of benzene rings is 3. The molecule has 0 aliphatic carbocycles. The van der Waals surface area contributed by atoms with Crippen molar-refractivity contribution in [2.24, 2.45) is 0 Å². The Labute approximate surface area is 184 Å². The first-order chi connectivity index (χ1) is 13.4. The molecule has 0 spiro atoms. The molecule has 0 aliphatic rings. The molecule has 0 aliphatic heterocycles. The van der Waals surface area contributed by atoms with Gasteiger partial charge in [-0.2, -0.15) is 0 Å². The van der Waals surface area contributed by atoms with Gasteiger partial charge in [0.05, 0.1) is 0 Å². The Balaban J connectivity index is 0.000000264. The maximum Gasteiger partial charge on any atom is 1.00 e. The minimum absolute atomic E-state index is 0. The molecule has 0 fully saturated rings. The van der Waals surface area contributed by atoms with Crippen LogP contribution in [0.2, 0.25) is 0 Å². The second-order valence-electron chi connectivity index (χ2n) is 5.71. The van der Waals surface area contributed by atoms with Gasteiger partial charge < -0.3 is 6.42 Å². The SMILES string of the molecule is [Au+].[C-]#Cc1cccnc1.c1ccc(P(c2ccccc2)c2ccccc2)cc1. The van der Waals surface area contributed by atoms with Crippen LogP contribution in [0.5, 0.6) is 0 Å². The van der Waals surface area contributed by atoms with Crippen molar-refractivity contribution in [2.45, 2.75) is 0 Å². The third kappa shape index (κ3) is 6.31. The summed E-state index contributed by atoms with van der Waals surface area (Å²) in [5.41, 5.74) is 0.715. The van der Waals surface area contributed by atoms with E-state index in [0.717, 1.165) is 0 Å². The zero-order valence-corrected chi connectivity index (χ0v) is 18.2. The maximum absolute atomic E-state index is 6.65. The van der Waals surface area contributed by atoms with Crippen LogP contribution >= 0.6 is 7.92 Å². The Bertz CT molecular complexity index is 875. The molecule has 0 atom stereocenters. The third-order valence-corrected chi connectivity index (χ3v) is 6.29. The summed E-state index contributed by atoms with van der Waals surface area (Å²) in [6, 6.07) is 35.9. The van der Waals surface area contributed by atoms with Gasteiger partial charge in [0.2, 0.25) is 0 Å². The van der Waals surface area contributed by atoms with Crippen molar-refractivity contribution in [3.05, 3.63) is 128 Å². The fourth-order valence-corrected chi connectivity index (χ4v) is 4.92. The first-order valence-electron chi connectivity index (χ1n) is 8.66. The van der Waals surface area contributed by atoms with E-state index >= 15 is 0 Å². The molecule has 3 heteroatoms. The first kappa shape index (κ1) is 21.8. The fourth-order valence-electron chi connectivity index (χ4n) is 2.62. The van der Waals surface area contributed by atoms with E-state index in [0.29, 0.717) is 5.56 Å². The molecule has 0 unspecified atom stereocenters. The Kier molecular flexibility index (Phi) is 9.43. The van der Waals surface area contributed by atoms with Gasteiger partial charge >= 0.3 is 22.4 Å². The van der Waals surface area contributed by atoms with E-state index in [9.17, 15) is 0 Å². The van der Waals surface area contributed by atoms with Crippen molar-refractivity contribution in [3.63, 3.8) is 0 Å². The van der Waals surface area contributed by atoms with Crippen LogP contribution in [0.1, 0.15) is 5.56 Å². The first-order valence-corrected chi connectivity index (χ1v) is 10.0. The standard InChI is InChI=1S/C18H15P.C7H4N.Au/c1-4-10-16(11-5-1)19(17-12-6-2-7-13-17)18-14-8-3-9-15-18;1-2-7-4-3-5-8-6-7;/h1-15H;3-6H;/q;-1;+1. The Hall–Kier alpha value is -2.46. The van der Waals surface area contributed by atoms with Gasteiger partial charge in [-0.25, -0.2) is 0 Å². The topological polar surface area (TPSA) is 12.9 Å². The van der Waals surface area contributed by atoms with Crippen LogP contribution in [0, 0.1) is 12.3 Å². The monoisotopic (exact) mass is 561 g/mol. The van der Waals surface area contributed by atoms with Crippen LogP contribution in [0.15, 0.2) is 116 Å². The molecule has 0 amide bonds. The molecule has 0 saturated carbocycles. The number of hydrogen-bond donors (Lipinski definition) is 0. The molecule has 3 aromatic carbocycles. The molecule has 1 heterocycles. The number of aromatic nitrogens is 1. The van der Waals surface area contributed by atoms with Gasteiger partial charge in [-0.3, -0.25) is 10.9 Å². The van der Waals surface area contributed by atoms with Crippen molar-refractivity contribution in [1.29, 1.82) is 0 Å². The van der Waals surface area contributed by atoms with Crippen LogP contribution in [-0.2, 0) is 22.4 Å². The van der Waals surface area contributed by atoms with Crippen molar-refractivity contribution in [3.8, 4) is 5.92 Å². The second-order valence-corrected chi connectivity index (χ2v) is 7.93. The summed E-state index contributed by atoms with van der Waals surface area (Å²) in [5, 5.41) is 4.19. The molecule has 1 nitrogen and oxygen atoms in total. The summed E-state index contributed by atoms with van der Waals surface area (Å²) >= 11 is 0. The quantitative estimate of drug-likeness (QED) is 0.156. The summed E-state index contributed by atoms with van der Waals surface area (Å²) in [7, 11) is -0.446. The van der Waals surface area contributed by atoms with E-state index in [1.807, 2.05) is 0 Å². The molecule has 0 bridgehead atoms. The van der Waals surface area contributed by atoms with Crippen LogP contribution in [0.25, 0.3) is 0 Å². The number of pyridine rings is 1. The zero-order chi connectivity index (χ0) is 18.7. The molecule has 1 aromatic heterocycles. The molecular formula is C25H19AuNP. The molecule has 4 aromatic rings. The predicted molar refractivity (Wildman–Crippen MR) is 116 cm³/mol. The number of rotatable bonds is 3. The van der Waals surface area contributed by atoms with Gasteiger partial charge in [0.15, 0.2) is 0 Å². The summed E-state index contributed by atoms with van der Waals surface area (Å²) < 4.78 is 0. The van der Waals surface area contributed by atoms with Crippen molar-refractivity contribution in [2.75, 3.05) is 0 Å². The van der Waals surface area contributed by atoms with Crippen molar-refractivity contribution >= 4 is 23.8 Å². The Morgan fingerprint density at radius 1 is 0.607 bits per heavy atom. The molecule has 0 saturated heterocycles. The number of hydrogen-bond acceptors (Lipinski definition) is 1. The van der Waals surface area contributed by atoms with Gasteiger partial charge in [0.25, 0.3) is 0 Å². The molecule has 0 N–H and O–H groups in total. The average molecular weight is 561 g/mol. The van der Waals surface area contributed by atoms with E-state index in [4.69, 9.17) is 6.42 Å². The summed E-state index contributed by atoms with van der Waals surface area (Å²) in [5.74, 6) is 2.21. The van der Waals surface area contributed by atoms with Crippen LogP contribution in [-0.4, -0.2) is 4.98 Å². The average Bonchev–Trinajstić information content (AvgIpc) is 2.77. The van der Waals surface area contributed by atoms with Gasteiger partial charge in [0.1, 0.15) is 0 Å². The fraction of sp³-hybridized carbons (Fsp3) is 0. The van der Waals surface area contributed by atoms with Gasteiger partial charge in [-0.15, -0.1) is 11.6 Å². The van der Waals surface area contributed by atoms with Gasteiger partial charge in [-0.1, -0.05) is 97.1 Å². The third-order valence-electron chi connectivity index (χ3n) is 3.85. The van der Waals surface area contributed by atoms with E-state index in [2.05, 4.69) is 102 Å². The van der Waals surface area contributed by atoms with Crippen LogP contribution < -0.4 is 15.9 Å². The Morgan fingerprint density at radius 3 is 1.32 bits per heavy atom. The smallest absolute Gasteiger partial charge is 0.366 e. The molecule has 140 valence electrons. The largest absolute Gasteiger partial charge is 1.00 e. The van der Waals surface area contributed by atoms with E-state index < -0.39 is 7.92 Å². The van der Waals surface area contributed by atoms with E-state index in [-0.39, 0.29) is 22.4 Å². The van der Waals surface area contributed by atoms with Crippen molar-refractivity contribution < 1.29 is 22.4 Å². The van der Waals surface area contributed by atoms with E-state index in [1.54, 1.807) is 24.5 Å². The minimum atomic E-state index is -0.446. The molecule has 0 radical (unpaired) electrons. The summed E-state index contributed by atoms with van der Waals surface area (Å²) in [6.07, 6.45) is 9.91. The second kappa shape index (κ2) is 12.1. The normalized spacial score (nSPS) is 9.43. The zero-order valence-electron chi connectivity index (χ0n) is 15.2. The van der Waals surface area contributed by atoms with E-state index in [1.165, 1.54) is 15.9 Å². The van der Waals surface area contributed by atoms with Gasteiger partial charge in [0, 0.05) is 6.20 Å². The molecule has 4 rings (SSSR count). The summed E-state index contributed by atoms with van der Waals surface area (Å²) in [4.78, 5) is 3.77. The van der Waals surface area contributed by atoms with Crippen LogP contribution in [0.4, 0.5) is 0 Å².